The summed E-state index contributed by atoms with van der Waals surface area (Å²) in [7, 11) is 3.06. The molecule has 0 unspecified atom stereocenters. The number of ether oxygens (including phenoxy) is 2. The van der Waals surface area contributed by atoms with Crippen LogP contribution in [0, 0.1) is 13.8 Å². The summed E-state index contributed by atoms with van der Waals surface area (Å²) < 4.78 is 10.4. The van der Waals surface area contributed by atoms with Gasteiger partial charge in [-0.2, -0.15) is 0 Å². The number of ketones is 1. The summed E-state index contributed by atoms with van der Waals surface area (Å²) >= 11 is 0. The number of carbonyl (C=O) groups excluding carboxylic acids is 1. The minimum absolute atomic E-state index is 0.116. The van der Waals surface area contributed by atoms with Gasteiger partial charge >= 0.3 is 0 Å². The lowest BCUT2D eigenvalue weighted by molar-refractivity contribution is 0.103. The molecule has 0 saturated heterocycles. The van der Waals surface area contributed by atoms with E-state index in [1.807, 2.05) is 32.0 Å². The molecule has 0 radical (unpaired) electrons. The number of rotatable bonds is 4. The lowest BCUT2D eigenvalue weighted by Crippen LogP contribution is -2.08. The predicted molar refractivity (Wildman–Crippen MR) is 83.3 cm³/mol. The molecule has 0 aromatic heterocycles. The third kappa shape index (κ3) is 2.84. The van der Waals surface area contributed by atoms with E-state index in [4.69, 9.17) is 15.2 Å². The fourth-order valence-corrected chi connectivity index (χ4v) is 2.22. The molecule has 2 aromatic carbocycles. The summed E-state index contributed by atoms with van der Waals surface area (Å²) in [6.45, 7) is 3.86. The fraction of sp³-hybridized carbons (Fsp3) is 0.235. The Labute approximate surface area is 124 Å². The first-order chi connectivity index (χ1) is 9.97. The molecule has 0 heterocycles. The molecular weight excluding hydrogens is 266 g/mol. The van der Waals surface area contributed by atoms with Crippen LogP contribution in [0.25, 0.3) is 0 Å². The molecule has 0 aliphatic rings. The second kappa shape index (κ2) is 5.87. The summed E-state index contributed by atoms with van der Waals surface area (Å²) in [5.74, 6) is 0.877. The van der Waals surface area contributed by atoms with Gasteiger partial charge < -0.3 is 15.2 Å². The number of hydrogen-bond acceptors (Lipinski definition) is 4. The molecular formula is C17H19NO3. The highest BCUT2D eigenvalue weighted by Crippen LogP contribution is 2.33. The summed E-state index contributed by atoms with van der Waals surface area (Å²) in [6, 6.07) is 9.01. The third-order valence-electron chi connectivity index (χ3n) is 3.44. The first-order valence-corrected chi connectivity index (χ1v) is 6.61. The molecule has 110 valence electrons. The lowest BCUT2D eigenvalue weighted by atomic mass is 9.96. The number of methoxy groups -OCH3 is 2. The molecule has 0 aliphatic heterocycles. The Morgan fingerprint density at radius 3 is 2.19 bits per heavy atom. The van der Waals surface area contributed by atoms with E-state index in [1.54, 1.807) is 12.1 Å². The molecule has 0 saturated carbocycles. The maximum atomic E-state index is 12.7. The van der Waals surface area contributed by atoms with Crippen molar-refractivity contribution in [1.82, 2.24) is 0 Å². The zero-order valence-electron chi connectivity index (χ0n) is 12.7. The average Bonchev–Trinajstić information content (AvgIpc) is 2.48. The van der Waals surface area contributed by atoms with E-state index in [2.05, 4.69) is 0 Å². The van der Waals surface area contributed by atoms with Crippen LogP contribution in [0.5, 0.6) is 11.5 Å². The van der Waals surface area contributed by atoms with Crippen molar-refractivity contribution in [2.45, 2.75) is 13.8 Å². The molecule has 0 fully saturated rings. The van der Waals surface area contributed by atoms with E-state index in [0.29, 0.717) is 28.3 Å². The number of nitrogens with two attached hydrogens (primary N) is 1. The van der Waals surface area contributed by atoms with E-state index < -0.39 is 0 Å². The van der Waals surface area contributed by atoms with Gasteiger partial charge in [-0.3, -0.25) is 4.79 Å². The molecule has 2 aromatic rings. The van der Waals surface area contributed by atoms with Crippen LogP contribution in [0.3, 0.4) is 0 Å². The first kappa shape index (κ1) is 14.9. The zero-order chi connectivity index (χ0) is 15.6. The van der Waals surface area contributed by atoms with Crippen molar-refractivity contribution in [2.24, 2.45) is 0 Å². The monoisotopic (exact) mass is 285 g/mol. The van der Waals surface area contributed by atoms with Gasteiger partial charge in [0.1, 0.15) is 0 Å². The standard InChI is InChI=1S/C17H19NO3/c1-10-5-6-11(2)12(7-10)17(19)13-8-15(20-3)16(21-4)9-14(13)18/h5-9H,18H2,1-4H3. The topological polar surface area (TPSA) is 61.5 Å². The minimum Gasteiger partial charge on any atom is -0.493 e. The second-order valence-corrected chi connectivity index (χ2v) is 4.94. The molecule has 4 heteroatoms. The van der Waals surface area contributed by atoms with Gasteiger partial charge in [-0.15, -0.1) is 0 Å². The van der Waals surface area contributed by atoms with Gasteiger partial charge in [0.15, 0.2) is 17.3 Å². The molecule has 0 atom stereocenters. The molecule has 0 amide bonds. The van der Waals surface area contributed by atoms with E-state index in [1.165, 1.54) is 14.2 Å². The molecule has 0 spiro atoms. The predicted octanol–water partition coefficient (Wildman–Crippen LogP) is 3.13. The Hall–Kier alpha value is -2.49. The molecule has 21 heavy (non-hydrogen) atoms. The van der Waals surface area contributed by atoms with E-state index in [0.717, 1.165) is 11.1 Å². The van der Waals surface area contributed by atoms with Crippen molar-refractivity contribution in [1.29, 1.82) is 0 Å². The maximum Gasteiger partial charge on any atom is 0.195 e. The van der Waals surface area contributed by atoms with E-state index in [9.17, 15) is 4.79 Å². The van der Waals surface area contributed by atoms with Gasteiger partial charge in [0.2, 0.25) is 0 Å². The van der Waals surface area contributed by atoms with Gasteiger partial charge in [-0.05, 0) is 31.5 Å². The van der Waals surface area contributed by atoms with E-state index >= 15 is 0 Å². The van der Waals surface area contributed by atoms with Crippen molar-refractivity contribution < 1.29 is 14.3 Å². The number of nitrogen functional groups attached to an aromatic ring is 1. The van der Waals surface area contributed by atoms with Gasteiger partial charge in [0.05, 0.1) is 14.2 Å². The highest BCUT2D eigenvalue weighted by Gasteiger charge is 2.18. The van der Waals surface area contributed by atoms with Crippen molar-refractivity contribution >= 4 is 11.5 Å². The Kier molecular flexibility index (Phi) is 4.17. The molecule has 0 bridgehead atoms. The van der Waals surface area contributed by atoms with Gasteiger partial charge in [-0.25, -0.2) is 0 Å². The smallest absolute Gasteiger partial charge is 0.195 e. The van der Waals surface area contributed by atoms with Crippen LogP contribution in [0.15, 0.2) is 30.3 Å². The number of anilines is 1. The Morgan fingerprint density at radius 1 is 0.952 bits per heavy atom. The van der Waals surface area contributed by atoms with Crippen LogP contribution in [0.2, 0.25) is 0 Å². The quantitative estimate of drug-likeness (QED) is 0.692. The Balaban J connectivity index is 2.55. The van der Waals surface area contributed by atoms with Crippen molar-refractivity contribution in [3.8, 4) is 11.5 Å². The van der Waals surface area contributed by atoms with Crippen LogP contribution < -0.4 is 15.2 Å². The van der Waals surface area contributed by atoms with E-state index in [-0.39, 0.29) is 5.78 Å². The van der Waals surface area contributed by atoms with Crippen LogP contribution >= 0.6 is 0 Å². The number of carbonyl (C=O) groups is 1. The summed E-state index contributed by atoms with van der Waals surface area (Å²) in [5.41, 5.74) is 9.38. The third-order valence-corrected chi connectivity index (χ3v) is 3.44. The maximum absolute atomic E-state index is 12.7. The molecule has 2 N–H and O–H groups in total. The van der Waals surface area contributed by atoms with Crippen LogP contribution in [-0.2, 0) is 0 Å². The van der Waals surface area contributed by atoms with Crippen LogP contribution in [0.1, 0.15) is 27.0 Å². The van der Waals surface area contributed by atoms with Crippen molar-refractivity contribution in [3.05, 3.63) is 52.6 Å². The summed E-state index contributed by atoms with van der Waals surface area (Å²) in [5, 5.41) is 0. The lowest BCUT2D eigenvalue weighted by Gasteiger charge is -2.13. The van der Waals surface area contributed by atoms with Gasteiger partial charge in [-0.1, -0.05) is 17.7 Å². The first-order valence-electron chi connectivity index (χ1n) is 6.61. The van der Waals surface area contributed by atoms with Gasteiger partial charge in [0, 0.05) is 22.9 Å². The number of aryl methyl sites for hydroxylation is 2. The Morgan fingerprint density at radius 2 is 1.57 bits per heavy atom. The zero-order valence-corrected chi connectivity index (χ0v) is 12.7. The second-order valence-electron chi connectivity index (χ2n) is 4.94. The van der Waals surface area contributed by atoms with Crippen molar-refractivity contribution in [3.63, 3.8) is 0 Å². The largest absolute Gasteiger partial charge is 0.493 e. The normalized spacial score (nSPS) is 10.3. The SMILES string of the molecule is COc1cc(N)c(C(=O)c2cc(C)ccc2C)cc1OC. The minimum atomic E-state index is -0.116. The highest BCUT2D eigenvalue weighted by molar-refractivity contribution is 6.13. The highest BCUT2D eigenvalue weighted by atomic mass is 16.5. The fourth-order valence-electron chi connectivity index (χ4n) is 2.22. The van der Waals surface area contributed by atoms with Crippen LogP contribution in [0.4, 0.5) is 5.69 Å². The molecule has 2 rings (SSSR count). The summed E-state index contributed by atoms with van der Waals surface area (Å²) in [6.07, 6.45) is 0. The average molecular weight is 285 g/mol. The Bertz CT molecular complexity index is 693. The van der Waals surface area contributed by atoms with Crippen molar-refractivity contribution in [2.75, 3.05) is 20.0 Å². The summed E-state index contributed by atoms with van der Waals surface area (Å²) in [4.78, 5) is 12.7. The molecule has 0 aliphatic carbocycles. The van der Waals surface area contributed by atoms with Gasteiger partial charge in [0.25, 0.3) is 0 Å². The number of benzene rings is 2. The molecule has 4 nitrogen and oxygen atoms in total. The number of hydrogen-bond donors (Lipinski definition) is 1. The van der Waals surface area contributed by atoms with Crippen LogP contribution in [-0.4, -0.2) is 20.0 Å².